The first-order valence-electron chi connectivity index (χ1n) is 8.13. The first kappa shape index (κ1) is 15.6. The van der Waals surface area contributed by atoms with Crippen LogP contribution < -0.4 is 0 Å². The predicted molar refractivity (Wildman–Crippen MR) is 90.4 cm³/mol. The number of aromatic amines is 1. The number of benzene rings is 1. The van der Waals surface area contributed by atoms with E-state index in [-0.39, 0.29) is 5.75 Å². The zero-order valence-electron chi connectivity index (χ0n) is 13.1. The Labute approximate surface area is 132 Å². The molecular formula is C17H24N2O2S. The summed E-state index contributed by atoms with van der Waals surface area (Å²) in [5.41, 5.74) is 2.53. The number of hydrogen-bond acceptors (Lipinski definition) is 2. The summed E-state index contributed by atoms with van der Waals surface area (Å²) in [6.07, 6.45) is 5.75. The lowest BCUT2D eigenvalue weighted by atomic mass is 9.91. The second-order valence-corrected chi connectivity index (χ2v) is 8.31. The Bertz CT molecular complexity index is 728. The molecule has 0 bridgehead atoms. The standard InChI is InChI=1S/C17H24N2O2S/c1-2-11-22(20,21)19-9-7-14(8-10-19)12-15-13-18-17-6-4-3-5-16(15)17/h3-6,13-14,18H,2,7-12H2,1H3. The molecular weight excluding hydrogens is 296 g/mol. The van der Waals surface area contributed by atoms with Gasteiger partial charge in [-0.15, -0.1) is 0 Å². The number of rotatable bonds is 5. The molecule has 0 atom stereocenters. The number of nitrogens with zero attached hydrogens (tertiary/aromatic N) is 1. The maximum atomic E-state index is 12.1. The van der Waals surface area contributed by atoms with Crippen molar-refractivity contribution in [2.45, 2.75) is 32.6 Å². The van der Waals surface area contributed by atoms with E-state index < -0.39 is 10.0 Å². The molecule has 0 unspecified atom stereocenters. The molecule has 2 aromatic rings. The van der Waals surface area contributed by atoms with Gasteiger partial charge in [0.05, 0.1) is 5.75 Å². The number of aromatic nitrogens is 1. The Balaban J connectivity index is 1.63. The van der Waals surface area contributed by atoms with Crippen molar-refractivity contribution in [3.8, 4) is 0 Å². The third kappa shape index (κ3) is 3.20. The van der Waals surface area contributed by atoms with Crippen molar-refractivity contribution >= 4 is 20.9 Å². The first-order valence-corrected chi connectivity index (χ1v) is 9.74. The molecule has 0 amide bonds. The average Bonchev–Trinajstić information content (AvgIpc) is 2.91. The van der Waals surface area contributed by atoms with Gasteiger partial charge in [0.2, 0.25) is 10.0 Å². The van der Waals surface area contributed by atoms with Gasteiger partial charge in [0.1, 0.15) is 0 Å². The van der Waals surface area contributed by atoms with Gasteiger partial charge in [-0.25, -0.2) is 12.7 Å². The van der Waals surface area contributed by atoms with Crippen molar-refractivity contribution in [1.29, 1.82) is 0 Å². The summed E-state index contributed by atoms with van der Waals surface area (Å²) < 4.78 is 25.9. The lowest BCUT2D eigenvalue weighted by molar-refractivity contribution is 0.273. The van der Waals surface area contributed by atoms with E-state index in [9.17, 15) is 8.42 Å². The largest absolute Gasteiger partial charge is 0.361 e. The van der Waals surface area contributed by atoms with Crippen LogP contribution in [-0.2, 0) is 16.4 Å². The topological polar surface area (TPSA) is 53.2 Å². The van der Waals surface area contributed by atoms with Crippen LogP contribution in [-0.4, -0.2) is 36.5 Å². The second kappa shape index (κ2) is 6.42. The van der Waals surface area contributed by atoms with Gasteiger partial charge in [-0.2, -0.15) is 0 Å². The molecule has 1 fully saturated rings. The highest BCUT2D eigenvalue weighted by atomic mass is 32.2. The van der Waals surface area contributed by atoms with Crippen LogP contribution in [0.25, 0.3) is 10.9 Å². The Hall–Kier alpha value is -1.33. The van der Waals surface area contributed by atoms with E-state index in [0.717, 1.165) is 19.3 Å². The highest BCUT2D eigenvalue weighted by molar-refractivity contribution is 7.89. The normalized spacial score (nSPS) is 18.0. The van der Waals surface area contributed by atoms with Crippen molar-refractivity contribution in [3.63, 3.8) is 0 Å². The second-order valence-electron chi connectivity index (χ2n) is 6.22. The average molecular weight is 320 g/mol. The SMILES string of the molecule is CCCS(=O)(=O)N1CCC(Cc2c[nH]c3ccccc23)CC1. The quantitative estimate of drug-likeness (QED) is 0.920. The summed E-state index contributed by atoms with van der Waals surface area (Å²) in [4.78, 5) is 3.32. The van der Waals surface area contributed by atoms with Gasteiger partial charge in [-0.05, 0) is 43.2 Å². The van der Waals surface area contributed by atoms with Gasteiger partial charge in [0.25, 0.3) is 0 Å². The maximum Gasteiger partial charge on any atom is 0.214 e. The molecule has 1 aliphatic heterocycles. The molecule has 4 nitrogen and oxygen atoms in total. The zero-order chi connectivity index (χ0) is 15.6. The Morgan fingerprint density at radius 3 is 2.68 bits per heavy atom. The van der Waals surface area contributed by atoms with Crippen LogP contribution in [0.15, 0.2) is 30.5 Å². The van der Waals surface area contributed by atoms with E-state index in [1.54, 1.807) is 4.31 Å². The van der Waals surface area contributed by atoms with E-state index in [1.165, 1.54) is 16.5 Å². The predicted octanol–water partition coefficient (Wildman–Crippen LogP) is 3.16. The summed E-state index contributed by atoms with van der Waals surface area (Å²) >= 11 is 0. The fraction of sp³-hybridized carbons (Fsp3) is 0.529. The van der Waals surface area contributed by atoms with Crippen LogP contribution in [0.4, 0.5) is 0 Å². The molecule has 0 radical (unpaired) electrons. The van der Waals surface area contributed by atoms with Crippen molar-refractivity contribution < 1.29 is 8.42 Å². The molecule has 2 heterocycles. The highest BCUT2D eigenvalue weighted by Gasteiger charge is 2.27. The molecule has 120 valence electrons. The summed E-state index contributed by atoms with van der Waals surface area (Å²) in [5.74, 6) is 0.854. The molecule has 1 aromatic heterocycles. The molecule has 1 aliphatic rings. The Morgan fingerprint density at radius 2 is 1.95 bits per heavy atom. The van der Waals surface area contributed by atoms with Crippen molar-refractivity contribution in [2.24, 2.45) is 5.92 Å². The summed E-state index contributed by atoms with van der Waals surface area (Å²) in [6.45, 7) is 3.27. The molecule has 0 aliphatic carbocycles. The van der Waals surface area contributed by atoms with E-state index in [2.05, 4.69) is 29.4 Å². The molecule has 0 saturated carbocycles. The van der Waals surface area contributed by atoms with Gasteiger partial charge >= 0.3 is 0 Å². The summed E-state index contributed by atoms with van der Waals surface area (Å²) in [7, 11) is -3.03. The van der Waals surface area contributed by atoms with Crippen LogP contribution >= 0.6 is 0 Å². The fourth-order valence-corrected chi connectivity index (χ4v) is 4.93. The van der Waals surface area contributed by atoms with Crippen molar-refractivity contribution in [2.75, 3.05) is 18.8 Å². The highest BCUT2D eigenvalue weighted by Crippen LogP contribution is 2.27. The number of piperidine rings is 1. The number of nitrogens with one attached hydrogen (secondary N) is 1. The van der Waals surface area contributed by atoms with E-state index >= 15 is 0 Å². The zero-order valence-corrected chi connectivity index (χ0v) is 13.9. The lowest BCUT2D eigenvalue weighted by Crippen LogP contribution is -2.40. The first-order chi connectivity index (χ1) is 10.6. The molecule has 5 heteroatoms. The number of fused-ring (bicyclic) bond motifs is 1. The van der Waals surface area contributed by atoms with Crippen LogP contribution in [0.5, 0.6) is 0 Å². The molecule has 1 N–H and O–H groups in total. The lowest BCUT2D eigenvalue weighted by Gasteiger charge is -2.31. The Kier molecular flexibility index (Phi) is 4.54. The summed E-state index contributed by atoms with van der Waals surface area (Å²) in [5, 5.41) is 1.29. The third-order valence-electron chi connectivity index (χ3n) is 4.61. The molecule has 22 heavy (non-hydrogen) atoms. The van der Waals surface area contributed by atoms with E-state index in [1.807, 2.05) is 13.0 Å². The van der Waals surface area contributed by atoms with Gasteiger partial charge < -0.3 is 4.98 Å². The smallest absolute Gasteiger partial charge is 0.214 e. The molecule has 3 rings (SSSR count). The van der Waals surface area contributed by atoms with E-state index in [4.69, 9.17) is 0 Å². The maximum absolute atomic E-state index is 12.1. The van der Waals surface area contributed by atoms with Gasteiger partial charge in [-0.3, -0.25) is 0 Å². The number of sulfonamides is 1. The number of H-pyrrole nitrogens is 1. The van der Waals surface area contributed by atoms with Crippen LogP contribution in [0, 0.1) is 5.92 Å². The van der Waals surface area contributed by atoms with Crippen molar-refractivity contribution in [3.05, 3.63) is 36.0 Å². The van der Waals surface area contributed by atoms with Gasteiger partial charge in [-0.1, -0.05) is 25.1 Å². The third-order valence-corrected chi connectivity index (χ3v) is 6.69. The van der Waals surface area contributed by atoms with E-state index in [0.29, 0.717) is 25.4 Å². The van der Waals surface area contributed by atoms with Crippen LogP contribution in [0.2, 0.25) is 0 Å². The molecule has 1 aromatic carbocycles. The van der Waals surface area contributed by atoms with Crippen LogP contribution in [0.1, 0.15) is 31.7 Å². The molecule has 1 saturated heterocycles. The minimum absolute atomic E-state index is 0.278. The van der Waals surface area contributed by atoms with Crippen molar-refractivity contribution in [1.82, 2.24) is 9.29 Å². The number of para-hydroxylation sites is 1. The van der Waals surface area contributed by atoms with Crippen LogP contribution in [0.3, 0.4) is 0 Å². The minimum Gasteiger partial charge on any atom is -0.361 e. The Morgan fingerprint density at radius 1 is 1.23 bits per heavy atom. The molecule has 0 spiro atoms. The monoisotopic (exact) mass is 320 g/mol. The number of hydrogen-bond donors (Lipinski definition) is 1. The fourth-order valence-electron chi connectivity index (χ4n) is 3.39. The van der Waals surface area contributed by atoms with Gasteiger partial charge in [0, 0.05) is 30.2 Å². The minimum atomic E-state index is -3.03. The van der Waals surface area contributed by atoms with Gasteiger partial charge in [0.15, 0.2) is 0 Å². The summed E-state index contributed by atoms with van der Waals surface area (Å²) in [6, 6.07) is 8.36.